The fourth-order valence-corrected chi connectivity index (χ4v) is 3.57. The molecule has 2 aliphatic rings. The number of benzene rings is 1. The predicted octanol–water partition coefficient (Wildman–Crippen LogP) is 2.39. The fourth-order valence-electron chi connectivity index (χ4n) is 3.09. The van der Waals surface area contributed by atoms with Gasteiger partial charge in [-0.1, -0.05) is 29.3 Å². The minimum atomic E-state index is -0.292. The van der Waals surface area contributed by atoms with Crippen LogP contribution in [0.5, 0.6) is 0 Å². The lowest BCUT2D eigenvalue weighted by molar-refractivity contribution is -0.145. The van der Waals surface area contributed by atoms with E-state index in [4.69, 9.17) is 27.9 Å². The van der Waals surface area contributed by atoms with E-state index in [0.717, 1.165) is 18.4 Å². The molecule has 2 aliphatic heterocycles. The molecule has 7 heteroatoms. The van der Waals surface area contributed by atoms with E-state index in [0.29, 0.717) is 42.8 Å². The van der Waals surface area contributed by atoms with E-state index >= 15 is 0 Å². The van der Waals surface area contributed by atoms with Crippen molar-refractivity contribution in [2.24, 2.45) is 0 Å². The van der Waals surface area contributed by atoms with E-state index in [9.17, 15) is 9.59 Å². The molecule has 1 aromatic rings. The van der Waals surface area contributed by atoms with Crippen molar-refractivity contribution in [1.29, 1.82) is 0 Å². The molecule has 2 amide bonds. The maximum absolute atomic E-state index is 12.4. The number of rotatable bonds is 3. The first kappa shape index (κ1) is 17.5. The molecule has 2 fully saturated rings. The summed E-state index contributed by atoms with van der Waals surface area (Å²) in [5.74, 6) is 0.0729. The van der Waals surface area contributed by atoms with E-state index in [1.165, 1.54) is 0 Å². The summed E-state index contributed by atoms with van der Waals surface area (Å²) in [5, 5.41) is 1.06. The molecule has 3 rings (SSSR count). The topological polar surface area (TPSA) is 49.9 Å². The van der Waals surface area contributed by atoms with Gasteiger partial charge < -0.3 is 14.5 Å². The predicted molar refractivity (Wildman–Crippen MR) is 92.3 cm³/mol. The summed E-state index contributed by atoms with van der Waals surface area (Å²) < 4.78 is 5.45. The Hall–Kier alpha value is -1.30. The SMILES string of the molecule is O=C(Cc1ccc(Cl)cc1Cl)N1CCN(C(=O)[C@@H]2CCCO2)CC1. The van der Waals surface area contributed by atoms with Crippen LogP contribution in [0.4, 0.5) is 0 Å². The van der Waals surface area contributed by atoms with E-state index in [2.05, 4.69) is 0 Å². The summed E-state index contributed by atoms with van der Waals surface area (Å²) in [5.41, 5.74) is 0.768. The van der Waals surface area contributed by atoms with Gasteiger partial charge >= 0.3 is 0 Å². The maximum Gasteiger partial charge on any atom is 0.251 e. The zero-order valence-electron chi connectivity index (χ0n) is 13.3. The van der Waals surface area contributed by atoms with Crippen LogP contribution in [0.15, 0.2) is 18.2 Å². The number of amides is 2. The van der Waals surface area contributed by atoms with Crippen LogP contribution in [0.2, 0.25) is 10.0 Å². The van der Waals surface area contributed by atoms with Crippen LogP contribution in [-0.4, -0.2) is 60.5 Å². The first-order chi connectivity index (χ1) is 11.5. The summed E-state index contributed by atoms with van der Waals surface area (Å²) >= 11 is 12.0. The Bertz CT molecular complexity index is 624. The van der Waals surface area contributed by atoms with Crippen molar-refractivity contribution >= 4 is 35.0 Å². The molecule has 5 nitrogen and oxygen atoms in total. The zero-order valence-corrected chi connectivity index (χ0v) is 14.9. The molecule has 0 unspecified atom stereocenters. The van der Waals surface area contributed by atoms with Crippen LogP contribution in [0.1, 0.15) is 18.4 Å². The second-order valence-electron chi connectivity index (χ2n) is 6.12. The number of ether oxygens (including phenoxy) is 1. The van der Waals surface area contributed by atoms with Gasteiger partial charge in [-0.05, 0) is 30.5 Å². The van der Waals surface area contributed by atoms with Crippen LogP contribution >= 0.6 is 23.2 Å². The van der Waals surface area contributed by atoms with Gasteiger partial charge in [0.1, 0.15) is 6.10 Å². The summed E-state index contributed by atoms with van der Waals surface area (Å²) in [4.78, 5) is 28.3. The molecule has 0 radical (unpaired) electrons. The smallest absolute Gasteiger partial charge is 0.251 e. The van der Waals surface area contributed by atoms with Gasteiger partial charge in [0.15, 0.2) is 0 Å². The molecule has 0 aromatic heterocycles. The van der Waals surface area contributed by atoms with Crippen LogP contribution < -0.4 is 0 Å². The Balaban J connectivity index is 1.52. The highest BCUT2D eigenvalue weighted by Crippen LogP contribution is 2.22. The van der Waals surface area contributed by atoms with Gasteiger partial charge in [0, 0.05) is 42.8 Å². The number of hydrogen-bond acceptors (Lipinski definition) is 3. The van der Waals surface area contributed by atoms with Gasteiger partial charge in [0.05, 0.1) is 6.42 Å². The van der Waals surface area contributed by atoms with Crippen molar-refractivity contribution in [1.82, 2.24) is 9.80 Å². The Morgan fingerprint density at radius 1 is 1.12 bits per heavy atom. The van der Waals surface area contributed by atoms with Gasteiger partial charge in [-0.15, -0.1) is 0 Å². The average Bonchev–Trinajstić information content (AvgIpc) is 3.11. The van der Waals surface area contributed by atoms with E-state index in [1.807, 2.05) is 0 Å². The lowest BCUT2D eigenvalue weighted by Crippen LogP contribution is -2.53. The summed E-state index contributed by atoms with van der Waals surface area (Å²) in [6, 6.07) is 5.15. The normalized spacial score (nSPS) is 21.2. The van der Waals surface area contributed by atoms with E-state index in [1.54, 1.807) is 28.0 Å². The number of piperazine rings is 1. The van der Waals surface area contributed by atoms with Crippen LogP contribution in [0.25, 0.3) is 0 Å². The van der Waals surface area contributed by atoms with Crippen molar-refractivity contribution in [3.63, 3.8) is 0 Å². The van der Waals surface area contributed by atoms with Gasteiger partial charge in [-0.25, -0.2) is 0 Å². The van der Waals surface area contributed by atoms with E-state index < -0.39 is 0 Å². The highest BCUT2D eigenvalue weighted by molar-refractivity contribution is 6.35. The molecule has 1 atom stereocenters. The van der Waals surface area contributed by atoms with Crippen LogP contribution in [-0.2, 0) is 20.7 Å². The molecule has 0 bridgehead atoms. The Kier molecular flexibility index (Phi) is 5.64. The Labute approximate surface area is 151 Å². The van der Waals surface area contributed by atoms with Crippen molar-refractivity contribution < 1.29 is 14.3 Å². The first-order valence-corrected chi connectivity index (χ1v) is 8.92. The Morgan fingerprint density at radius 2 is 1.83 bits per heavy atom. The number of carbonyl (C=O) groups is 2. The third-order valence-corrected chi connectivity index (χ3v) is 5.09. The van der Waals surface area contributed by atoms with Gasteiger partial charge in [-0.2, -0.15) is 0 Å². The third-order valence-electron chi connectivity index (χ3n) is 4.51. The molecule has 1 aromatic carbocycles. The second kappa shape index (κ2) is 7.72. The van der Waals surface area contributed by atoms with Crippen molar-refractivity contribution in [2.45, 2.75) is 25.4 Å². The molecule has 24 heavy (non-hydrogen) atoms. The average molecular weight is 371 g/mol. The highest BCUT2D eigenvalue weighted by Gasteiger charge is 2.31. The number of carbonyl (C=O) groups excluding carboxylic acids is 2. The van der Waals surface area contributed by atoms with Gasteiger partial charge in [0.2, 0.25) is 5.91 Å². The molecular formula is C17H20Cl2N2O3. The highest BCUT2D eigenvalue weighted by atomic mass is 35.5. The molecule has 0 saturated carbocycles. The second-order valence-corrected chi connectivity index (χ2v) is 6.96. The minimum Gasteiger partial charge on any atom is -0.368 e. The third kappa shape index (κ3) is 4.02. The fraction of sp³-hybridized carbons (Fsp3) is 0.529. The molecule has 130 valence electrons. The van der Waals surface area contributed by atoms with Crippen LogP contribution in [0, 0.1) is 0 Å². The summed E-state index contributed by atoms with van der Waals surface area (Å²) in [6.07, 6.45) is 1.69. The van der Waals surface area contributed by atoms with Crippen molar-refractivity contribution in [2.75, 3.05) is 32.8 Å². The molecule has 0 aliphatic carbocycles. The Morgan fingerprint density at radius 3 is 2.46 bits per heavy atom. The van der Waals surface area contributed by atoms with Crippen molar-refractivity contribution in [3.05, 3.63) is 33.8 Å². The van der Waals surface area contributed by atoms with E-state index in [-0.39, 0.29) is 24.3 Å². The number of hydrogen-bond donors (Lipinski definition) is 0. The standard InChI is InChI=1S/C17H20Cl2N2O3/c18-13-4-3-12(14(19)11-13)10-16(22)20-5-7-21(8-6-20)17(23)15-2-1-9-24-15/h3-4,11,15H,1-2,5-10H2/t15-/m0/s1. The minimum absolute atomic E-state index is 0.0171. The van der Waals surface area contributed by atoms with Gasteiger partial charge in [0.25, 0.3) is 5.91 Å². The molecule has 0 N–H and O–H groups in total. The van der Waals surface area contributed by atoms with Crippen molar-refractivity contribution in [3.8, 4) is 0 Å². The molecule has 0 spiro atoms. The van der Waals surface area contributed by atoms with Crippen LogP contribution in [0.3, 0.4) is 0 Å². The lowest BCUT2D eigenvalue weighted by Gasteiger charge is -2.35. The summed E-state index contributed by atoms with van der Waals surface area (Å²) in [7, 11) is 0. The molecule has 2 heterocycles. The quantitative estimate of drug-likeness (QED) is 0.820. The van der Waals surface area contributed by atoms with Gasteiger partial charge in [-0.3, -0.25) is 9.59 Å². The summed E-state index contributed by atoms with van der Waals surface area (Å²) in [6.45, 7) is 2.86. The zero-order chi connectivity index (χ0) is 17.1. The molecular weight excluding hydrogens is 351 g/mol. The number of halogens is 2. The largest absolute Gasteiger partial charge is 0.368 e. The lowest BCUT2D eigenvalue weighted by atomic mass is 10.1. The maximum atomic E-state index is 12.4. The number of nitrogens with zero attached hydrogens (tertiary/aromatic N) is 2. The molecule has 2 saturated heterocycles. The first-order valence-electron chi connectivity index (χ1n) is 8.16. The monoisotopic (exact) mass is 370 g/mol.